The van der Waals surface area contributed by atoms with E-state index in [4.69, 9.17) is 0 Å². The van der Waals surface area contributed by atoms with Crippen molar-refractivity contribution < 1.29 is 36.2 Å². The number of hydrogen-bond donors (Lipinski definition) is 0. The van der Waals surface area contributed by atoms with Gasteiger partial charge in [0.1, 0.15) is 0 Å². The third-order valence-corrected chi connectivity index (χ3v) is 0.821. The van der Waals surface area contributed by atoms with Gasteiger partial charge in [0, 0.05) is 0 Å². The van der Waals surface area contributed by atoms with E-state index in [9.17, 15) is 36.2 Å². The van der Waals surface area contributed by atoms with E-state index in [1.54, 1.807) is 0 Å². The molecule has 0 spiro atoms. The van der Waals surface area contributed by atoms with Crippen molar-refractivity contribution in [2.45, 2.75) is 12.4 Å². The molecule has 0 aliphatic carbocycles. The average Bonchev–Trinajstić information content (AvgIpc) is 1.82. The van der Waals surface area contributed by atoms with Crippen molar-refractivity contribution in [1.82, 2.24) is 0 Å². The Morgan fingerprint density at radius 3 is 1.57 bits per heavy atom. The maximum atomic E-state index is 11.3. The molecule has 0 heterocycles. The molecule has 9 heteroatoms. The monoisotopic (exact) mass is 295 g/mol. The molecular weight excluding hydrogens is 294 g/mol. The summed E-state index contributed by atoms with van der Waals surface area (Å²) < 4.78 is 67.8. The van der Waals surface area contributed by atoms with Crippen molar-refractivity contribution in [2.24, 2.45) is 0 Å². The fourth-order valence-electron chi connectivity index (χ4n) is 0.283. The quantitative estimate of drug-likeness (QED) is 0.307. The second-order valence-corrected chi connectivity index (χ2v) is 1.87. The predicted octanol–water partition coefficient (Wildman–Crippen LogP) is 0.543. The molecule has 0 aromatic carbocycles. The minimum atomic E-state index is -5.46. The minimum Gasteiger partial charge on any atom is -0.869 e. The zero-order valence-corrected chi connectivity index (χ0v) is 9.84. The summed E-state index contributed by atoms with van der Waals surface area (Å²) in [6, 6.07) is 0. The largest absolute Gasteiger partial charge is 2.00 e. The van der Waals surface area contributed by atoms with Gasteiger partial charge in [-0.05, 0) is 11.8 Å². The molecule has 0 aromatic rings. The van der Waals surface area contributed by atoms with E-state index in [2.05, 4.69) is 0 Å². The third-order valence-electron chi connectivity index (χ3n) is 0.821. The Bertz CT molecular complexity index is 240. The number of allylic oxidation sites excluding steroid dienone is 2. The molecule has 0 aliphatic heterocycles. The molecule has 0 fully saturated rings. The summed E-state index contributed by atoms with van der Waals surface area (Å²) in [5, 5.41) is 9.82. The van der Waals surface area contributed by atoms with Crippen molar-refractivity contribution in [3.63, 3.8) is 0 Å². The van der Waals surface area contributed by atoms with Gasteiger partial charge in [-0.25, -0.2) is 0 Å². The molecule has 0 aliphatic rings. The number of ketones is 1. The Kier molecular flexibility index (Phi) is 6.41. The van der Waals surface area contributed by atoms with E-state index in [0.29, 0.717) is 0 Å². The van der Waals surface area contributed by atoms with Gasteiger partial charge in [-0.2, -0.15) is 26.3 Å². The fourth-order valence-corrected chi connectivity index (χ4v) is 0.283. The van der Waals surface area contributed by atoms with Crippen LogP contribution in [0.4, 0.5) is 26.3 Å². The molecule has 0 saturated heterocycles. The van der Waals surface area contributed by atoms with Gasteiger partial charge in [-0.15, -0.1) is 0 Å². The molecule has 0 N–H and O–H groups in total. The molecule has 0 rings (SSSR count). The van der Waals surface area contributed by atoms with Crippen LogP contribution < -0.4 is 5.11 Å². The summed E-state index contributed by atoms with van der Waals surface area (Å²) in [6.45, 7) is 0. The van der Waals surface area contributed by atoms with Gasteiger partial charge < -0.3 is 5.11 Å². The van der Waals surface area contributed by atoms with E-state index >= 15 is 0 Å². The van der Waals surface area contributed by atoms with Gasteiger partial charge in [0.2, 0.25) is 0 Å². The van der Waals surface area contributed by atoms with Gasteiger partial charge in [-0.3, -0.25) is 4.79 Å². The van der Waals surface area contributed by atoms with Gasteiger partial charge in [0.25, 0.3) is 5.78 Å². The smallest absolute Gasteiger partial charge is 0.869 e. The Balaban J connectivity index is 0. The Morgan fingerprint density at radius 2 is 1.36 bits per heavy atom. The van der Waals surface area contributed by atoms with Crippen molar-refractivity contribution in [1.29, 1.82) is 0 Å². The maximum Gasteiger partial charge on any atom is 2.00 e. The number of carbonyl (C=O) groups excluding carboxylic acids is 1. The first-order valence-electron chi connectivity index (χ1n) is 2.62. The van der Waals surface area contributed by atoms with Gasteiger partial charge >= 0.3 is 57.8 Å². The SMILES string of the molecule is O=C(C=C([O-])C(F)(F)F)C(F)(F)F.[Sr+2]. The Morgan fingerprint density at radius 1 is 1.00 bits per heavy atom. The van der Waals surface area contributed by atoms with Crippen molar-refractivity contribution in [3.05, 3.63) is 11.8 Å². The number of hydrogen-bond acceptors (Lipinski definition) is 2. The van der Waals surface area contributed by atoms with Crippen molar-refractivity contribution >= 4 is 51.3 Å². The van der Waals surface area contributed by atoms with Gasteiger partial charge in [-0.1, -0.05) is 0 Å². The minimum absolute atomic E-state index is 0. The topological polar surface area (TPSA) is 40.1 Å². The van der Waals surface area contributed by atoms with Crippen LogP contribution in [-0.4, -0.2) is 63.6 Å². The van der Waals surface area contributed by atoms with Crippen LogP contribution in [0.2, 0.25) is 0 Å². The van der Waals surface area contributed by atoms with E-state index in [-0.39, 0.29) is 45.5 Å². The van der Waals surface area contributed by atoms with Gasteiger partial charge in [0.15, 0.2) is 0 Å². The second-order valence-electron chi connectivity index (χ2n) is 1.87. The normalized spacial score (nSPS) is 13.4. The Hall–Kier alpha value is 0.271. The number of halogens is 6. The number of alkyl halides is 6. The molecular formula is C5HF6O2Sr+. The average molecular weight is 295 g/mol. The standard InChI is InChI=1S/C5H2F6O2.Sr/c6-4(7,8)2(12)1-3(13)5(9,10)11;/h1,12H;/q;+2/p-1. The summed E-state index contributed by atoms with van der Waals surface area (Å²) in [5.74, 6) is -5.65. The zero-order chi connectivity index (χ0) is 10.9. The first-order valence-corrected chi connectivity index (χ1v) is 2.62. The van der Waals surface area contributed by atoms with Crippen LogP contribution in [0.15, 0.2) is 11.8 Å². The maximum absolute atomic E-state index is 11.3. The second kappa shape index (κ2) is 5.38. The summed E-state index contributed by atoms with van der Waals surface area (Å²) in [7, 11) is 0. The van der Waals surface area contributed by atoms with Crippen molar-refractivity contribution in [3.8, 4) is 0 Å². The van der Waals surface area contributed by atoms with Crippen LogP contribution in [0.3, 0.4) is 0 Å². The van der Waals surface area contributed by atoms with E-state index < -0.39 is 30.0 Å². The predicted molar refractivity (Wildman–Crippen MR) is 31.0 cm³/mol. The molecule has 0 aromatic heterocycles. The molecule has 0 atom stereocenters. The zero-order valence-electron chi connectivity index (χ0n) is 6.37. The molecule has 0 radical (unpaired) electrons. The summed E-state index contributed by atoms with van der Waals surface area (Å²) in [4.78, 5) is 9.82. The first kappa shape index (κ1) is 16.7. The molecule has 0 unspecified atom stereocenters. The van der Waals surface area contributed by atoms with Crippen LogP contribution in [0.25, 0.3) is 0 Å². The molecule has 0 saturated carbocycles. The molecule has 14 heavy (non-hydrogen) atoms. The van der Waals surface area contributed by atoms with E-state index in [1.165, 1.54) is 0 Å². The van der Waals surface area contributed by atoms with Crippen LogP contribution in [0.5, 0.6) is 0 Å². The van der Waals surface area contributed by atoms with E-state index in [0.717, 1.165) is 0 Å². The van der Waals surface area contributed by atoms with Crippen LogP contribution in [0, 0.1) is 0 Å². The summed E-state index contributed by atoms with van der Waals surface area (Å²) in [6.07, 6.45) is -11.9. The number of rotatable bonds is 1. The molecule has 76 valence electrons. The molecule has 0 amide bonds. The van der Waals surface area contributed by atoms with Crippen LogP contribution in [-0.2, 0) is 4.79 Å². The first-order chi connectivity index (χ1) is 5.55. The van der Waals surface area contributed by atoms with Crippen LogP contribution >= 0.6 is 0 Å². The summed E-state index contributed by atoms with van der Waals surface area (Å²) >= 11 is 0. The Labute approximate surface area is 111 Å². The molecule has 0 bridgehead atoms. The third kappa shape index (κ3) is 5.89. The van der Waals surface area contributed by atoms with Gasteiger partial charge in [0.05, 0.1) is 0 Å². The van der Waals surface area contributed by atoms with Crippen molar-refractivity contribution in [2.75, 3.05) is 0 Å². The number of carbonyl (C=O) groups is 1. The van der Waals surface area contributed by atoms with E-state index in [1.807, 2.05) is 0 Å². The molecule has 2 nitrogen and oxygen atoms in total. The fraction of sp³-hybridized carbons (Fsp3) is 0.400. The summed E-state index contributed by atoms with van der Waals surface area (Å²) in [5.41, 5.74) is 0. The van der Waals surface area contributed by atoms with Crippen LogP contribution in [0.1, 0.15) is 0 Å².